The lowest BCUT2D eigenvalue weighted by atomic mass is 10.1. The number of rotatable bonds is 13. The van der Waals surface area contributed by atoms with Crippen molar-refractivity contribution in [2.24, 2.45) is 0 Å². The van der Waals surface area contributed by atoms with Crippen LogP contribution in [0.2, 0.25) is 0 Å². The lowest BCUT2D eigenvalue weighted by molar-refractivity contribution is -0.143. The minimum atomic E-state index is -0.138. The quantitative estimate of drug-likeness (QED) is 0.347. The molecule has 0 aromatic heterocycles. The van der Waals surface area contributed by atoms with Gasteiger partial charge in [-0.15, -0.1) is 0 Å². The Morgan fingerprint density at radius 3 is 1.89 bits per heavy atom. The van der Waals surface area contributed by atoms with E-state index < -0.39 is 0 Å². The maximum absolute atomic E-state index is 11.0. The number of unbranched alkanes of at least 4 members (excludes halogenated alkanes) is 9. The standard InChI is InChI=1S/C15H29O2S/c1-2-3-4-5-6-7-8-9-10-11-13-17-15(16)12-14-18/h2-14H2,1H3. The number of esters is 1. The van der Waals surface area contributed by atoms with Crippen molar-refractivity contribution in [3.05, 3.63) is 0 Å². The molecule has 0 N–H and O–H groups in total. The normalized spacial score (nSPS) is 10.6. The van der Waals surface area contributed by atoms with Gasteiger partial charge < -0.3 is 4.74 Å². The van der Waals surface area contributed by atoms with Crippen LogP contribution in [0.3, 0.4) is 0 Å². The Morgan fingerprint density at radius 1 is 0.889 bits per heavy atom. The second kappa shape index (κ2) is 14.9. The summed E-state index contributed by atoms with van der Waals surface area (Å²) in [7, 11) is 0. The second-order valence-corrected chi connectivity index (χ2v) is 5.26. The average Bonchev–Trinajstić information content (AvgIpc) is 2.36. The Labute approximate surface area is 118 Å². The van der Waals surface area contributed by atoms with Crippen LogP contribution in [0.25, 0.3) is 0 Å². The van der Waals surface area contributed by atoms with E-state index in [0.29, 0.717) is 18.8 Å². The van der Waals surface area contributed by atoms with Gasteiger partial charge in [0.25, 0.3) is 0 Å². The van der Waals surface area contributed by atoms with Gasteiger partial charge in [-0.25, -0.2) is 0 Å². The Hall–Kier alpha value is -0.180. The van der Waals surface area contributed by atoms with Crippen LogP contribution in [0.5, 0.6) is 0 Å². The molecule has 18 heavy (non-hydrogen) atoms. The number of carbonyl (C=O) groups excluding carboxylic acids is 1. The summed E-state index contributed by atoms with van der Waals surface area (Å²) in [5, 5.41) is 0. The maximum Gasteiger partial charge on any atom is 0.306 e. The summed E-state index contributed by atoms with van der Waals surface area (Å²) in [5.41, 5.74) is 0. The predicted molar refractivity (Wildman–Crippen MR) is 79.9 cm³/mol. The van der Waals surface area contributed by atoms with Crippen LogP contribution in [0.4, 0.5) is 0 Å². The van der Waals surface area contributed by atoms with E-state index in [4.69, 9.17) is 17.4 Å². The van der Waals surface area contributed by atoms with Crippen LogP contribution in [0.1, 0.15) is 77.6 Å². The topological polar surface area (TPSA) is 26.3 Å². The summed E-state index contributed by atoms with van der Waals surface area (Å²) in [6.45, 7) is 2.83. The Morgan fingerprint density at radius 2 is 1.39 bits per heavy atom. The number of carbonyl (C=O) groups is 1. The summed E-state index contributed by atoms with van der Waals surface area (Å²) >= 11 is 4.71. The zero-order chi connectivity index (χ0) is 13.5. The van der Waals surface area contributed by atoms with Gasteiger partial charge in [0.1, 0.15) is 0 Å². The zero-order valence-electron chi connectivity index (χ0n) is 11.9. The molecule has 0 rings (SSSR count). The first-order valence-corrected chi connectivity index (χ1v) is 8.12. The molecule has 0 saturated heterocycles. The number of hydrogen-bond donors (Lipinski definition) is 0. The second-order valence-electron chi connectivity index (χ2n) is 4.86. The van der Waals surface area contributed by atoms with E-state index in [1.165, 1.54) is 57.8 Å². The van der Waals surface area contributed by atoms with Gasteiger partial charge in [0.15, 0.2) is 0 Å². The fraction of sp³-hybridized carbons (Fsp3) is 0.933. The monoisotopic (exact) mass is 273 g/mol. The van der Waals surface area contributed by atoms with Crippen LogP contribution in [0, 0.1) is 0 Å². The van der Waals surface area contributed by atoms with Crippen LogP contribution >= 0.6 is 12.6 Å². The van der Waals surface area contributed by atoms with Crippen molar-refractivity contribution in [2.75, 3.05) is 12.4 Å². The molecule has 0 aliphatic heterocycles. The first kappa shape index (κ1) is 17.8. The minimum absolute atomic E-state index is 0.138. The van der Waals surface area contributed by atoms with Gasteiger partial charge in [-0.05, 0) is 6.42 Å². The van der Waals surface area contributed by atoms with Gasteiger partial charge in [0.2, 0.25) is 0 Å². The van der Waals surface area contributed by atoms with E-state index in [2.05, 4.69) is 6.92 Å². The molecule has 1 radical (unpaired) electrons. The molecular formula is C15H29O2S. The molecule has 0 spiro atoms. The molecule has 0 aromatic carbocycles. The van der Waals surface area contributed by atoms with Crippen molar-refractivity contribution in [1.82, 2.24) is 0 Å². The third kappa shape index (κ3) is 13.9. The lowest BCUT2D eigenvalue weighted by Crippen LogP contribution is -2.06. The van der Waals surface area contributed by atoms with Gasteiger partial charge in [-0.2, -0.15) is 0 Å². The molecular weight excluding hydrogens is 244 g/mol. The summed E-state index contributed by atoms with van der Waals surface area (Å²) in [6.07, 6.45) is 13.4. The zero-order valence-corrected chi connectivity index (χ0v) is 12.7. The SMILES string of the molecule is CCCCCCCCCCCCOC(=O)CC[S]. The fourth-order valence-electron chi connectivity index (χ4n) is 1.93. The van der Waals surface area contributed by atoms with Gasteiger partial charge in [0, 0.05) is 5.75 Å². The molecule has 2 nitrogen and oxygen atoms in total. The van der Waals surface area contributed by atoms with Crippen molar-refractivity contribution in [3.63, 3.8) is 0 Å². The van der Waals surface area contributed by atoms with Crippen LogP contribution in [0.15, 0.2) is 0 Å². The third-order valence-corrected chi connectivity index (χ3v) is 3.27. The fourth-order valence-corrected chi connectivity index (χ4v) is 2.10. The van der Waals surface area contributed by atoms with Gasteiger partial charge in [-0.1, -0.05) is 77.3 Å². The largest absolute Gasteiger partial charge is 0.466 e. The van der Waals surface area contributed by atoms with Crippen LogP contribution in [-0.4, -0.2) is 18.3 Å². The van der Waals surface area contributed by atoms with Crippen molar-refractivity contribution < 1.29 is 9.53 Å². The highest BCUT2D eigenvalue weighted by molar-refractivity contribution is 7.80. The molecule has 107 valence electrons. The number of ether oxygens (including phenoxy) is 1. The van der Waals surface area contributed by atoms with Crippen molar-refractivity contribution in [2.45, 2.75) is 77.6 Å². The molecule has 0 amide bonds. The molecule has 0 aliphatic rings. The van der Waals surface area contributed by atoms with Gasteiger partial charge >= 0.3 is 5.97 Å². The molecule has 0 aliphatic carbocycles. The highest BCUT2D eigenvalue weighted by Crippen LogP contribution is 2.10. The Balaban J connectivity index is 3.01. The molecule has 0 heterocycles. The van der Waals surface area contributed by atoms with E-state index in [1.807, 2.05) is 0 Å². The summed E-state index contributed by atoms with van der Waals surface area (Å²) in [5.74, 6) is 0.331. The van der Waals surface area contributed by atoms with Gasteiger partial charge in [0.05, 0.1) is 13.0 Å². The first-order valence-electron chi connectivity index (χ1n) is 7.55. The van der Waals surface area contributed by atoms with Crippen LogP contribution < -0.4 is 0 Å². The minimum Gasteiger partial charge on any atom is -0.466 e. The lowest BCUT2D eigenvalue weighted by Gasteiger charge is -2.04. The molecule has 0 aromatic rings. The summed E-state index contributed by atoms with van der Waals surface area (Å²) in [4.78, 5) is 11.0. The van der Waals surface area contributed by atoms with E-state index in [1.54, 1.807) is 0 Å². The summed E-state index contributed by atoms with van der Waals surface area (Å²) in [6, 6.07) is 0. The Kier molecular flexibility index (Phi) is 14.7. The molecule has 0 atom stereocenters. The molecule has 0 bridgehead atoms. The molecule has 3 heteroatoms. The van der Waals surface area contributed by atoms with Crippen molar-refractivity contribution >= 4 is 18.6 Å². The highest BCUT2D eigenvalue weighted by atomic mass is 32.1. The van der Waals surface area contributed by atoms with E-state index in [-0.39, 0.29) is 5.97 Å². The average molecular weight is 273 g/mol. The van der Waals surface area contributed by atoms with Gasteiger partial charge in [-0.3, -0.25) is 4.79 Å². The van der Waals surface area contributed by atoms with E-state index in [9.17, 15) is 4.79 Å². The van der Waals surface area contributed by atoms with Crippen molar-refractivity contribution in [1.29, 1.82) is 0 Å². The molecule has 0 unspecified atom stereocenters. The van der Waals surface area contributed by atoms with E-state index in [0.717, 1.165) is 6.42 Å². The number of hydrogen-bond acceptors (Lipinski definition) is 2. The molecule has 0 fully saturated rings. The summed E-state index contributed by atoms with van der Waals surface area (Å²) < 4.78 is 5.05. The first-order chi connectivity index (χ1) is 8.81. The predicted octanol–water partition coefficient (Wildman–Crippen LogP) is 5.04. The Bertz CT molecular complexity index is 183. The molecule has 0 saturated carbocycles. The van der Waals surface area contributed by atoms with E-state index >= 15 is 0 Å². The smallest absolute Gasteiger partial charge is 0.306 e. The highest BCUT2D eigenvalue weighted by Gasteiger charge is 2.00. The third-order valence-electron chi connectivity index (χ3n) is 3.07. The maximum atomic E-state index is 11.0. The van der Waals surface area contributed by atoms with Crippen LogP contribution in [-0.2, 0) is 9.53 Å². The van der Waals surface area contributed by atoms with Crippen molar-refractivity contribution in [3.8, 4) is 0 Å².